The lowest BCUT2D eigenvalue weighted by Gasteiger charge is -1.94. The first-order valence-corrected chi connectivity index (χ1v) is 4.05. The van der Waals surface area contributed by atoms with E-state index in [1.165, 1.54) is 0 Å². The Labute approximate surface area is 59.4 Å². The average Bonchev–Trinajstić information content (AvgIpc) is 1.78. The molecule has 5 heteroatoms. The molecule has 0 radical (unpaired) electrons. The second kappa shape index (κ2) is 4.25. The van der Waals surface area contributed by atoms with Crippen LogP contribution in [0.25, 0.3) is 0 Å². The van der Waals surface area contributed by atoms with Crippen molar-refractivity contribution in [2.24, 2.45) is 0 Å². The van der Waals surface area contributed by atoms with Crippen molar-refractivity contribution >= 4 is 10.2 Å². The van der Waals surface area contributed by atoms with Gasteiger partial charge in [-0.2, -0.15) is 8.42 Å². The minimum Gasteiger partial charge on any atom is -0.368 e. The van der Waals surface area contributed by atoms with Crippen molar-refractivity contribution < 1.29 is 17.0 Å². The first-order valence-electron chi connectivity index (χ1n) is 2.50. The zero-order chi connectivity index (χ0) is 8.04. The van der Waals surface area contributed by atoms with E-state index in [1.807, 2.05) is 0 Å². The van der Waals surface area contributed by atoms with E-state index in [0.29, 0.717) is 0 Å². The normalized spacial score (nSPS) is 10.8. The van der Waals surface area contributed by atoms with Crippen LogP contribution in [0.1, 0.15) is 0 Å². The number of rotatable bonds is 4. The molecule has 0 saturated heterocycles. The molecule has 0 aliphatic carbocycles. The topological polar surface area (TPSA) is 43.4 Å². The minimum atomic E-state index is -4.40. The molecule has 0 heterocycles. The molecule has 0 amide bonds. The highest BCUT2D eigenvalue weighted by Gasteiger charge is 2.04. The van der Waals surface area contributed by atoms with Gasteiger partial charge in [-0.05, 0) is 0 Å². The third-order valence-electron chi connectivity index (χ3n) is 0.657. The highest BCUT2D eigenvalue weighted by atomic mass is 32.3. The van der Waals surface area contributed by atoms with Crippen LogP contribution < -0.4 is 0 Å². The summed E-state index contributed by atoms with van der Waals surface area (Å²) < 4.78 is 35.8. The third-order valence-corrected chi connectivity index (χ3v) is 1.31. The fourth-order valence-corrected chi connectivity index (χ4v) is 0.606. The first kappa shape index (κ1) is 9.40. The Morgan fingerprint density at radius 3 is 2.60 bits per heavy atom. The summed E-state index contributed by atoms with van der Waals surface area (Å²) in [6, 6.07) is 0. The van der Waals surface area contributed by atoms with Crippen molar-refractivity contribution in [3.63, 3.8) is 0 Å². The van der Waals surface area contributed by atoms with Gasteiger partial charge in [-0.1, -0.05) is 5.92 Å². The summed E-state index contributed by atoms with van der Waals surface area (Å²) in [7, 11) is -4.40. The third kappa shape index (κ3) is 7.40. The molecule has 0 atom stereocenters. The Bertz CT molecular complexity index is 214. The van der Waals surface area contributed by atoms with Crippen LogP contribution in [0.15, 0.2) is 0 Å². The molecular weight excluding hydrogens is 159 g/mol. The molecular formula is C5H7FO3S. The Balaban J connectivity index is 3.32. The number of terminal acetylenes is 1. The van der Waals surface area contributed by atoms with Gasteiger partial charge in [0.05, 0.1) is 6.61 Å². The molecule has 0 fully saturated rings. The molecule has 0 saturated carbocycles. The van der Waals surface area contributed by atoms with Crippen LogP contribution in [-0.4, -0.2) is 27.4 Å². The Morgan fingerprint density at radius 2 is 2.20 bits per heavy atom. The smallest absolute Gasteiger partial charge is 0.304 e. The van der Waals surface area contributed by atoms with E-state index in [-0.39, 0.29) is 13.2 Å². The predicted molar refractivity (Wildman–Crippen MR) is 34.5 cm³/mol. The van der Waals surface area contributed by atoms with Crippen molar-refractivity contribution in [1.82, 2.24) is 0 Å². The second-order valence-electron chi connectivity index (χ2n) is 1.50. The van der Waals surface area contributed by atoms with Crippen molar-refractivity contribution in [2.75, 3.05) is 19.0 Å². The summed E-state index contributed by atoms with van der Waals surface area (Å²) >= 11 is 0. The zero-order valence-corrected chi connectivity index (χ0v) is 6.03. The quantitative estimate of drug-likeness (QED) is 0.334. The van der Waals surface area contributed by atoms with Gasteiger partial charge in [0.2, 0.25) is 0 Å². The SMILES string of the molecule is C#CCOCCS(=O)(=O)F. The zero-order valence-electron chi connectivity index (χ0n) is 5.21. The Kier molecular flexibility index (Phi) is 4.00. The van der Waals surface area contributed by atoms with Gasteiger partial charge in [0.1, 0.15) is 12.4 Å². The number of halogens is 1. The van der Waals surface area contributed by atoms with Crippen molar-refractivity contribution in [2.45, 2.75) is 0 Å². The van der Waals surface area contributed by atoms with Gasteiger partial charge in [0.25, 0.3) is 0 Å². The van der Waals surface area contributed by atoms with E-state index in [1.54, 1.807) is 0 Å². The predicted octanol–water partition coefficient (Wildman–Crippen LogP) is -0.0645. The number of ether oxygens (including phenoxy) is 1. The summed E-state index contributed by atoms with van der Waals surface area (Å²) in [5, 5.41) is 0. The van der Waals surface area contributed by atoms with E-state index in [4.69, 9.17) is 6.42 Å². The molecule has 0 aromatic carbocycles. The summed E-state index contributed by atoms with van der Waals surface area (Å²) in [6.07, 6.45) is 4.76. The lowest BCUT2D eigenvalue weighted by Crippen LogP contribution is -2.07. The van der Waals surface area contributed by atoms with Gasteiger partial charge in [-0.15, -0.1) is 10.3 Å². The van der Waals surface area contributed by atoms with Crippen LogP contribution in [0.5, 0.6) is 0 Å². The van der Waals surface area contributed by atoms with Crippen molar-refractivity contribution in [1.29, 1.82) is 0 Å². The molecule has 0 aliphatic rings. The largest absolute Gasteiger partial charge is 0.368 e. The standard InChI is InChI=1S/C5H7FO3S/c1-2-3-9-4-5-10(6,7)8/h1H,3-5H2. The molecule has 0 aromatic rings. The maximum absolute atomic E-state index is 11.7. The van der Waals surface area contributed by atoms with Crippen molar-refractivity contribution in [3.8, 4) is 12.3 Å². The molecule has 0 N–H and O–H groups in total. The van der Waals surface area contributed by atoms with Gasteiger partial charge in [0.15, 0.2) is 0 Å². The molecule has 58 valence electrons. The maximum atomic E-state index is 11.7. The monoisotopic (exact) mass is 166 g/mol. The molecule has 10 heavy (non-hydrogen) atoms. The van der Waals surface area contributed by atoms with Crippen LogP contribution in [0, 0.1) is 12.3 Å². The van der Waals surface area contributed by atoms with E-state index in [0.717, 1.165) is 0 Å². The Morgan fingerprint density at radius 1 is 1.60 bits per heavy atom. The summed E-state index contributed by atoms with van der Waals surface area (Å²) in [5.41, 5.74) is 0. The van der Waals surface area contributed by atoms with Gasteiger partial charge < -0.3 is 4.74 Å². The van der Waals surface area contributed by atoms with Crippen LogP contribution in [0.4, 0.5) is 3.89 Å². The number of hydrogen-bond donors (Lipinski definition) is 0. The second-order valence-corrected chi connectivity index (χ2v) is 2.99. The lowest BCUT2D eigenvalue weighted by molar-refractivity contribution is 0.183. The molecule has 0 aromatic heterocycles. The lowest BCUT2D eigenvalue weighted by atomic mass is 10.7. The van der Waals surface area contributed by atoms with Gasteiger partial charge in [-0.3, -0.25) is 0 Å². The summed E-state index contributed by atoms with van der Waals surface area (Å²) in [4.78, 5) is 0. The maximum Gasteiger partial charge on any atom is 0.304 e. The van der Waals surface area contributed by atoms with Crippen LogP contribution in [0.2, 0.25) is 0 Å². The molecule has 3 nitrogen and oxygen atoms in total. The molecule has 0 spiro atoms. The number of hydrogen-bond acceptors (Lipinski definition) is 3. The molecule has 0 unspecified atom stereocenters. The van der Waals surface area contributed by atoms with E-state index in [9.17, 15) is 12.3 Å². The van der Waals surface area contributed by atoms with Gasteiger partial charge in [0, 0.05) is 0 Å². The van der Waals surface area contributed by atoms with Crippen molar-refractivity contribution in [3.05, 3.63) is 0 Å². The van der Waals surface area contributed by atoms with E-state index in [2.05, 4.69) is 10.7 Å². The molecule has 0 bridgehead atoms. The fourth-order valence-electron chi connectivity index (χ4n) is 0.290. The van der Waals surface area contributed by atoms with Crippen LogP contribution in [0.3, 0.4) is 0 Å². The minimum absolute atomic E-state index is 0.00944. The average molecular weight is 166 g/mol. The molecule has 0 aliphatic heterocycles. The van der Waals surface area contributed by atoms with Gasteiger partial charge >= 0.3 is 10.2 Å². The first-order chi connectivity index (χ1) is 4.56. The Hall–Kier alpha value is -0.600. The highest BCUT2D eigenvalue weighted by molar-refractivity contribution is 7.86. The summed E-state index contributed by atoms with van der Waals surface area (Å²) in [5.74, 6) is 1.48. The highest BCUT2D eigenvalue weighted by Crippen LogP contribution is 1.89. The van der Waals surface area contributed by atoms with Gasteiger partial charge in [-0.25, -0.2) is 0 Å². The van der Waals surface area contributed by atoms with Crippen LogP contribution in [-0.2, 0) is 15.0 Å². The summed E-state index contributed by atoms with van der Waals surface area (Å²) in [6.45, 7) is -0.182. The molecule has 0 rings (SSSR count). The van der Waals surface area contributed by atoms with Crippen LogP contribution >= 0.6 is 0 Å². The van der Waals surface area contributed by atoms with E-state index >= 15 is 0 Å². The van der Waals surface area contributed by atoms with E-state index < -0.39 is 16.0 Å². The fraction of sp³-hybridized carbons (Fsp3) is 0.600.